The Morgan fingerprint density at radius 1 is 1.07 bits per heavy atom. The average Bonchev–Trinajstić information content (AvgIpc) is 3.10. The molecule has 28 heavy (non-hydrogen) atoms. The summed E-state index contributed by atoms with van der Waals surface area (Å²) >= 11 is 0. The molecule has 4 heteroatoms. The summed E-state index contributed by atoms with van der Waals surface area (Å²) in [5.74, 6) is 1.08. The van der Waals surface area contributed by atoms with Crippen LogP contribution in [0.3, 0.4) is 0 Å². The first-order valence-electron chi connectivity index (χ1n) is 9.67. The highest BCUT2D eigenvalue weighted by Crippen LogP contribution is 2.25. The van der Waals surface area contributed by atoms with E-state index in [1.807, 2.05) is 54.9 Å². The van der Waals surface area contributed by atoms with Crippen LogP contribution in [0.1, 0.15) is 36.7 Å². The fourth-order valence-corrected chi connectivity index (χ4v) is 3.57. The third kappa shape index (κ3) is 3.52. The number of fused-ring (bicyclic) bond motifs is 1. The Balaban J connectivity index is 1.72. The molecule has 0 saturated heterocycles. The first-order valence-corrected chi connectivity index (χ1v) is 9.67. The van der Waals surface area contributed by atoms with Crippen LogP contribution in [-0.2, 0) is 13.0 Å². The van der Waals surface area contributed by atoms with Crippen molar-refractivity contribution in [1.82, 2.24) is 14.5 Å². The van der Waals surface area contributed by atoms with Gasteiger partial charge in [-0.1, -0.05) is 55.8 Å². The number of unbranched alkanes of at least 4 members (excludes halogenated alkanes) is 1. The summed E-state index contributed by atoms with van der Waals surface area (Å²) in [6, 6.07) is 20.6. The van der Waals surface area contributed by atoms with E-state index < -0.39 is 0 Å². The topological polar surface area (TPSA) is 54.5 Å². The van der Waals surface area contributed by atoms with Crippen LogP contribution < -0.4 is 0 Å². The number of nitrogens with zero attached hydrogens (tertiary/aromatic N) is 4. The van der Waals surface area contributed by atoms with Gasteiger partial charge in [-0.25, -0.2) is 4.98 Å². The van der Waals surface area contributed by atoms with E-state index in [1.165, 1.54) is 0 Å². The molecule has 2 aromatic carbocycles. The van der Waals surface area contributed by atoms with Gasteiger partial charge in [0.15, 0.2) is 0 Å². The maximum atomic E-state index is 9.70. The normalized spacial score (nSPS) is 10.9. The molecule has 0 unspecified atom stereocenters. The molecule has 2 aromatic heterocycles. The first kappa shape index (κ1) is 17.9. The summed E-state index contributed by atoms with van der Waals surface area (Å²) in [6.07, 6.45) is 6.81. The Kier molecular flexibility index (Phi) is 5.16. The second kappa shape index (κ2) is 8.06. The number of benzene rings is 2. The standard InChI is InChI=1S/C24H22N4/c1-2-3-9-24-27-22-16-26-13-12-23(22)28(24)17-18-10-11-21(20(14-18)15-25)19-7-5-4-6-8-19/h4-8,10-14,16H,2-3,9,17H2,1H3. The fraction of sp³-hybridized carbons (Fsp3) is 0.208. The lowest BCUT2D eigenvalue weighted by Crippen LogP contribution is -2.06. The highest BCUT2D eigenvalue weighted by molar-refractivity contribution is 5.75. The van der Waals surface area contributed by atoms with E-state index in [0.717, 1.165) is 52.8 Å². The van der Waals surface area contributed by atoms with E-state index in [0.29, 0.717) is 12.1 Å². The number of hydrogen-bond acceptors (Lipinski definition) is 3. The van der Waals surface area contributed by atoms with Crippen molar-refractivity contribution in [1.29, 1.82) is 5.26 Å². The lowest BCUT2D eigenvalue weighted by Gasteiger charge is -2.11. The molecule has 0 bridgehead atoms. The quantitative estimate of drug-likeness (QED) is 0.461. The molecule has 0 saturated carbocycles. The van der Waals surface area contributed by atoms with E-state index in [9.17, 15) is 5.26 Å². The Morgan fingerprint density at radius 2 is 1.93 bits per heavy atom. The van der Waals surface area contributed by atoms with Gasteiger partial charge in [-0.3, -0.25) is 4.98 Å². The van der Waals surface area contributed by atoms with Crippen molar-refractivity contribution in [3.63, 3.8) is 0 Å². The second-order valence-corrected chi connectivity index (χ2v) is 6.94. The van der Waals surface area contributed by atoms with E-state index >= 15 is 0 Å². The van der Waals surface area contributed by atoms with Gasteiger partial charge in [-0.05, 0) is 35.2 Å². The zero-order valence-electron chi connectivity index (χ0n) is 16.0. The van der Waals surface area contributed by atoms with Gasteiger partial charge in [0, 0.05) is 19.2 Å². The van der Waals surface area contributed by atoms with Crippen molar-refractivity contribution in [3.8, 4) is 17.2 Å². The number of nitriles is 1. The fourth-order valence-electron chi connectivity index (χ4n) is 3.57. The average molecular weight is 366 g/mol. The highest BCUT2D eigenvalue weighted by Gasteiger charge is 2.12. The molecule has 4 aromatic rings. The largest absolute Gasteiger partial charge is 0.323 e. The van der Waals surface area contributed by atoms with Crippen molar-refractivity contribution in [2.45, 2.75) is 32.7 Å². The maximum Gasteiger partial charge on any atom is 0.110 e. The molecular weight excluding hydrogens is 344 g/mol. The molecule has 0 fully saturated rings. The Morgan fingerprint density at radius 3 is 2.71 bits per heavy atom. The monoisotopic (exact) mass is 366 g/mol. The van der Waals surface area contributed by atoms with Crippen LogP contribution >= 0.6 is 0 Å². The molecule has 0 N–H and O–H groups in total. The van der Waals surface area contributed by atoms with E-state index in [1.54, 1.807) is 0 Å². The van der Waals surface area contributed by atoms with Crippen LogP contribution in [0.15, 0.2) is 67.0 Å². The van der Waals surface area contributed by atoms with E-state index in [4.69, 9.17) is 4.98 Å². The second-order valence-electron chi connectivity index (χ2n) is 6.94. The Bertz CT molecular complexity index is 1140. The van der Waals surface area contributed by atoms with Gasteiger partial charge in [0.25, 0.3) is 0 Å². The summed E-state index contributed by atoms with van der Waals surface area (Å²) in [5.41, 5.74) is 5.85. The zero-order valence-corrected chi connectivity index (χ0v) is 16.0. The molecule has 4 nitrogen and oxygen atoms in total. The number of aryl methyl sites for hydroxylation is 1. The lowest BCUT2D eigenvalue weighted by atomic mass is 9.98. The molecular formula is C24H22N4. The van der Waals surface area contributed by atoms with Crippen molar-refractivity contribution in [2.24, 2.45) is 0 Å². The number of pyridine rings is 1. The maximum absolute atomic E-state index is 9.70. The van der Waals surface area contributed by atoms with Crippen LogP contribution in [-0.4, -0.2) is 14.5 Å². The zero-order chi connectivity index (χ0) is 19.3. The van der Waals surface area contributed by atoms with Gasteiger partial charge in [0.1, 0.15) is 11.3 Å². The molecule has 138 valence electrons. The van der Waals surface area contributed by atoms with E-state index in [-0.39, 0.29) is 0 Å². The molecule has 0 aliphatic heterocycles. The minimum absolute atomic E-state index is 0.698. The molecule has 4 rings (SSSR count). The molecule has 2 heterocycles. The van der Waals surface area contributed by atoms with Gasteiger partial charge in [0.2, 0.25) is 0 Å². The lowest BCUT2D eigenvalue weighted by molar-refractivity contribution is 0.690. The van der Waals surface area contributed by atoms with Gasteiger partial charge < -0.3 is 4.57 Å². The smallest absolute Gasteiger partial charge is 0.110 e. The van der Waals surface area contributed by atoms with Gasteiger partial charge >= 0.3 is 0 Å². The van der Waals surface area contributed by atoms with Gasteiger partial charge in [0.05, 0.1) is 23.3 Å². The van der Waals surface area contributed by atoms with Gasteiger partial charge in [-0.2, -0.15) is 5.26 Å². The third-order valence-corrected chi connectivity index (χ3v) is 5.01. The summed E-state index contributed by atoms with van der Waals surface area (Å²) in [6.45, 7) is 2.89. The molecule has 0 aliphatic rings. The highest BCUT2D eigenvalue weighted by atomic mass is 15.1. The Hall–Kier alpha value is -3.45. The third-order valence-electron chi connectivity index (χ3n) is 5.01. The SMILES string of the molecule is CCCCc1nc2cnccc2n1Cc1ccc(-c2ccccc2)c(C#N)c1. The van der Waals surface area contributed by atoms with Crippen molar-refractivity contribution in [3.05, 3.63) is 83.9 Å². The van der Waals surface area contributed by atoms with Crippen molar-refractivity contribution >= 4 is 11.0 Å². The predicted molar refractivity (Wildman–Crippen MR) is 112 cm³/mol. The molecule has 0 aliphatic carbocycles. The van der Waals surface area contributed by atoms with Crippen LogP contribution in [0, 0.1) is 11.3 Å². The summed E-state index contributed by atoms with van der Waals surface area (Å²) < 4.78 is 2.26. The summed E-state index contributed by atoms with van der Waals surface area (Å²) in [5, 5.41) is 9.70. The van der Waals surface area contributed by atoms with Crippen molar-refractivity contribution in [2.75, 3.05) is 0 Å². The molecule has 0 atom stereocenters. The molecule has 0 amide bonds. The number of hydrogen-bond donors (Lipinski definition) is 0. The number of imidazole rings is 1. The van der Waals surface area contributed by atoms with Crippen molar-refractivity contribution < 1.29 is 0 Å². The Labute approximate surface area is 165 Å². The first-order chi connectivity index (χ1) is 13.8. The number of rotatable bonds is 6. The molecule has 0 radical (unpaired) electrons. The number of aromatic nitrogens is 3. The molecule has 0 spiro atoms. The minimum atomic E-state index is 0.698. The van der Waals surface area contributed by atoms with Gasteiger partial charge in [-0.15, -0.1) is 0 Å². The van der Waals surface area contributed by atoms with E-state index in [2.05, 4.69) is 34.7 Å². The predicted octanol–water partition coefficient (Wildman–Crippen LogP) is 5.36. The van der Waals surface area contributed by atoms with Crippen LogP contribution in [0.2, 0.25) is 0 Å². The van der Waals surface area contributed by atoms with Crippen LogP contribution in [0.5, 0.6) is 0 Å². The van der Waals surface area contributed by atoms with Crippen LogP contribution in [0.25, 0.3) is 22.2 Å². The minimum Gasteiger partial charge on any atom is -0.323 e. The van der Waals surface area contributed by atoms with Crippen LogP contribution in [0.4, 0.5) is 0 Å². The summed E-state index contributed by atoms with van der Waals surface area (Å²) in [7, 11) is 0. The summed E-state index contributed by atoms with van der Waals surface area (Å²) in [4.78, 5) is 9.00.